The number of fused-ring (bicyclic) bond motifs is 1. The Hall–Kier alpha value is -3.13. The number of nitrogens with zero attached hydrogens (tertiary/aromatic N) is 1. The summed E-state index contributed by atoms with van der Waals surface area (Å²) < 4.78 is 40.8. The van der Waals surface area contributed by atoms with E-state index < -0.39 is 29.7 Å². The Morgan fingerprint density at radius 3 is 2.50 bits per heavy atom. The van der Waals surface area contributed by atoms with Gasteiger partial charge in [-0.3, -0.25) is 9.89 Å². The molecule has 5 nitrogen and oxygen atoms in total. The largest absolute Gasteiger partial charge is 0.422 e. The monoisotopic (exact) mass is 387 g/mol. The number of amides is 1. The van der Waals surface area contributed by atoms with Gasteiger partial charge in [0, 0.05) is 6.42 Å². The Balaban J connectivity index is 1.73. The van der Waals surface area contributed by atoms with Gasteiger partial charge in [0.1, 0.15) is 5.82 Å². The predicted octanol–water partition coefficient (Wildman–Crippen LogP) is 3.76. The normalized spacial score (nSPS) is 19.2. The van der Waals surface area contributed by atoms with Crippen molar-refractivity contribution in [2.75, 3.05) is 5.32 Å². The second-order valence-corrected chi connectivity index (χ2v) is 6.75. The van der Waals surface area contributed by atoms with Gasteiger partial charge in [-0.05, 0) is 16.7 Å². The smallest absolute Gasteiger partial charge is 0.376 e. The first-order valence-electron chi connectivity index (χ1n) is 8.59. The molecule has 2 heterocycles. The fourth-order valence-electron chi connectivity index (χ4n) is 3.47. The molecule has 1 unspecified atom stereocenters. The molecule has 0 spiro atoms. The van der Waals surface area contributed by atoms with Crippen LogP contribution in [0.3, 0.4) is 0 Å². The third-order valence-electron chi connectivity index (χ3n) is 4.81. The van der Waals surface area contributed by atoms with Gasteiger partial charge in [0.25, 0.3) is 0 Å². The number of H-pyrrole nitrogens is 1. The highest BCUT2D eigenvalue weighted by molar-refractivity contribution is 5.94. The molecule has 1 atom stereocenters. The lowest BCUT2D eigenvalue weighted by Gasteiger charge is -2.33. The number of hydrogen-bond acceptors (Lipinski definition) is 3. The topological polar surface area (TPSA) is 78.0 Å². The molecule has 0 saturated carbocycles. The van der Waals surface area contributed by atoms with Crippen molar-refractivity contribution in [1.82, 2.24) is 10.2 Å². The zero-order chi connectivity index (χ0) is 19.9. The van der Waals surface area contributed by atoms with Crippen molar-refractivity contribution in [2.45, 2.75) is 24.6 Å². The van der Waals surface area contributed by atoms with Crippen LogP contribution in [0.5, 0.6) is 0 Å². The fourth-order valence-corrected chi connectivity index (χ4v) is 3.47. The summed E-state index contributed by atoms with van der Waals surface area (Å²) in [5, 5.41) is 19.0. The van der Waals surface area contributed by atoms with Crippen LogP contribution in [-0.4, -0.2) is 27.4 Å². The molecule has 2 aromatic carbocycles. The Morgan fingerprint density at radius 2 is 1.79 bits per heavy atom. The van der Waals surface area contributed by atoms with Gasteiger partial charge in [-0.15, -0.1) is 0 Å². The minimum absolute atomic E-state index is 0.0417. The molecule has 1 aliphatic rings. The van der Waals surface area contributed by atoms with Gasteiger partial charge in [0.2, 0.25) is 5.91 Å². The molecule has 0 radical (unpaired) electrons. The third kappa shape index (κ3) is 3.05. The van der Waals surface area contributed by atoms with Crippen molar-refractivity contribution in [3.8, 4) is 11.1 Å². The average Bonchev–Trinajstić information content (AvgIpc) is 3.05. The van der Waals surface area contributed by atoms with E-state index in [9.17, 15) is 23.1 Å². The zero-order valence-corrected chi connectivity index (χ0v) is 14.5. The van der Waals surface area contributed by atoms with E-state index in [0.29, 0.717) is 0 Å². The summed E-state index contributed by atoms with van der Waals surface area (Å²) in [6, 6.07) is 16.9. The van der Waals surface area contributed by atoms with Gasteiger partial charge in [0.15, 0.2) is 5.60 Å². The first kappa shape index (κ1) is 18.2. The highest BCUT2D eigenvalue weighted by Gasteiger charge is 2.60. The van der Waals surface area contributed by atoms with Crippen molar-refractivity contribution in [2.24, 2.45) is 0 Å². The predicted molar refractivity (Wildman–Crippen MR) is 96.5 cm³/mol. The number of halogens is 3. The van der Waals surface area contributed by atoms with E-state index in [4.69, 9.17) is 0 Å². The maximum atomic E-state index is 13.6. The van der Waals surface area contributed by atoms with E-state index in [1.807, 2.05) is 48.5 Å². The molecule has 3 aromatic rings. The summed E-state index contributed by atoms with van der Waals surface area (Å²) in [5.74, 6) is -1.14. The number of hydrogen-bond donors (Lipinski definition) is 3. The Labute approximate surface area is 158 Å². The maximum Gasteiger partial charge on any atom is 0.422 e. The molecule has 8 heteroatoms. The van der Waals surface area contributed by atoms with Gasteiger partial charge in [-0.1, -0.05) is 54.6 Å². The van der Waals surface area contributed by atoms with E-state index in [0.717, 1.165) is 16.7 Å². The summed E-state index contributed by atoms with van der Waals surface area (Å²) in [4.78, 5) is 11.6. The van der Waals surface area contributed by atoms with Crippen molar-refractivity contribution < 1.29 is 23.1 Å². The van der Waals surface area contributed by atoms with Crippen molar-refractivity contribution in [3.63, 3.8) is 0 Å². The van der Waals surface area contributed by atoms with Crippen LogP contribution in [0.4, 0.5) is 19.0 Å². The second kappa shape index (κ2) is 6.49. The van der Waals surface area contributed by atoms with Crippen molar-refractivity contribution in [3.05, 3.63) is 71.4 Å². The van der Waals surface area contributed by atoms with Crippen LogP contribution in [0.15, 0.2) is 54.6 Å². The minimum atomic E-state index is -5.01. The molecule has 0 aliphatic carbocycles. The summed E-state index contributed by atoms with van der Waals surface area (Å²) in [7, 11) is 0. The molecule has 28 heavy (non-hydrogen) atoms. The van der Waals surface area contributed by atoms with Crippen LogP contribution in [0.2, 0.25) is 0 Å². The number of anilines is 1. The standard InChI is InChI=1S/C20H16F3N3O2/c21-20(22,23)19(28)11-16(27)24-18-17(19)15(25-26-18)10-12-5-4-8-14(9-12)13-6-2-1-3-7-13/h1-9,28H,10-11H2,(H2,24,25,26,27). The Bertz CT molecular complexity index is 1030. The van der Waals surface area contributed by atoms with E-state index in [1.165, 1.54) is 0 Å². The van der Waals surface area contributed by atoms with Crippen LogP contribution in [-0.2, 0) is 16.8 Å². The van der Waals surface area contributed by atoms with Gasteiger partial charge in [-0.25, -0.2) is 0 Å². The SMILES string of the molecule is O=C1CC(O)(C(F)(F)F)c2c(Cc3cccc(-c4ccccc4)c3)n[nH]c2N1. The van der Waals surface area contributed by atoms with Gasteiger partial charge < -0.3 is 10.4 Å². The number of rotatable bonds is 3. The summed E-state index contributed by atoms with van der Waals surface area (Å²) in [5.41, 5.74) is -1.03. The zero-order valence-electron chi connectivity index (χ0n) is 14.5. The first-order chi connectivity index (χ1) is 13.3. The molecule has 4 rings (SSSR count). The average molecular weight is 387 g/mol. The number of aromatic amines is 1. The first-order valence-corrected chi connectivity index (χ1v) is 8.59. The highest BCUT2D eigenvalue weighted by Crippen LogP contribution is 2.47. The summed E-state index contributed by atoms with van der Waals surface area (Å²) in [6.45, 7) is 0. The third-order valence-corrected chi connectivity index (χ3v) is 4.81. The molecule has 144 valence electrons. The Morgan fingerprint density at radius 1 is 1.07 bits per heavy atom. The van der Waals surface area contributed by atoms with Gasteiger partial charge in [0.05, 0.1) is 17.7 Å². The number of carbonyl (C=O) groups is 1. The van der Waals surface area contributed by atoms with E-state index in [2.05, 4.69) is 15.5 Å². The molecule has 1 aromatic heterocycles. The van der Waals surface area contributed by atoms with Crippen molar-refractivity contribution in [1.29, 1.82) is 0 Å². The lowest BCUT2D eigenvalue weighted by atomic mass is 9.85. The number of alkyl halides is 3. The van der Waals surface area contributed by atoms with E-state index in [-0.39, 0.29) is 17.9 Å². The molecule has 0 saturated heterocycles. The summed E-state index contributed by atoms with van der Waals surface area (Å²) in [6.07, 6.45) is -6.04. The van der Waals surface area contributed by atoms with Crippen LogP contribution < -0.4 is 5.32 Å². The van der Waals surface area contributed by atoms with Crippen molar-refractivity contribution >= 4 is 11.7 Å². The number of nitrogens with one attached hydrogen (secondary N) is 2. The lowest BCUT2D eigenvalue weighted by molar-refractivity contribution is -0.267. The minimum Gasteiger partial charge on any atom is -0.376 e. The molecule has 3 N–H and O–H groups in total. The summed E-state index contributed by atoms with van der Waals surface area (Å²) >= 11 is 0. The lowest BCUT2D eigenvalue weighted by Crippen LogP contribution is -2.48. The molecule has 1 aliphatic heterocycles. The van der Waals surface area contributed by atoms with E-state index >= 15 is 0 Å². The molecular formula is C20H16F3N3O2. The highest BCUT2D eigenvalue weighted by atomic mass is 19.4. The maximum absolute atomic E-state index is 13.6. The van der Waals surface area contributed by atoms with Crippen LogP contribution in [0.25, 0.3) is 11.1 Å². The fraction of sp³-hybridized carbons (Fsp3) is 0.200. The number of benzene rings is 2. The molecular weight excluding hydrogens is 371 g/mol. The second-order valence-electron chi connectivity index (χ2n) is 6.75. The number of aromatic nitrogens is 2. The van der Waals surface area contributed by atoms with Crippen LogP contribution in [0.1, 0.15) is 23.2 Å². The molecule has 0 bridgehead atoms. The van der Waals surface area contributed by atoms with Crippen LogP contribution in [0, 0.1) is 0 Å². The molecule has 1 amide bonds. The van der Waals surface area contributed by atoms with Gasteiger partial charge >= 0.3 is 6.18 Å². The number of carbonyl (C=O) groups excluding carboxylic acids is 1. The molecule has 0 fully saturated rings. The van der Waals surface area contributed by atoms with Crippen LogP contribution >= 0.6 is 0 Å². The Kier molecular flexibility index (Phi) is 4.23. The number of aliphatic hydroxyl groups is 1. The quantitative estimate of drug-likeness (QED) is 0.640. The van der Waals surface area contributed by atoms with Gasteiger partial charge in [-0.2, -0.15) is 18.3 Å². The van der Waals surface area contributed by atoms with E-state index in [1.54, 1.807) is 6.07 Å².